The smallest absolute Gasteiger partial charge is 0.142 e. The second-order valence-corrected chi connectivity index (χ2v) is 8.01. The van der Waals surface area contributed by atoms with Crippen molar-refractivity contribution in [2.24, 2.45) is 0 Å². The molecule has 0 unspecified atom stereocenters. The van der Waals surface area contributed by atoms with Gasteiger partial charge in [0.2, 0.25) is 0 Å². The van der Waals surface area contributed by atoms with Crippen LogP contribution in [0.15, 0.2) is 60.9 Å². The maximum absolute atomic E-state index is 9.95. The fraction of sp³-hybridized carbons (Fsp3) is 0.200. The lowest BCUT2D eigenvalue weighted by molar-refractivity contribution is 0.312. The molecule has 0 spiro atoms. The van der Waals surface area contributed by atoms with E-state index in [1.165, 1.54) is 0 Å². The van der Waals surface area contributed by atoms with E-state index in [4.69, 9.17) is 10.7 Å². The van der Waals surface area contributed by atoms with E-state index >= 15 is 0 Å². The summed E-state index contributed by atoms with van der Waals surface area (Å²) in [5.74, 6) is 1.09. The molecule has 0 saturated carbocycles. The van der Waals surface area contributed by atoms with Crippen LogP contribution in [0.5, 0.6) is 0 Å². The van der Waals surface area contributed by atoms with Crippen molar-refractivity contribution in [1.82, 2.24) is 19.9 Å². The summed E-state index contributed by atoms with van der Waals surface area (Å²) >= 11 is 0. The number of nitrogens with two attached hydrogens (primary N) is 1. The van der Waals surface area contributed by atoms with E-state index in [9.17, 15) is 5.26 Å². The summed E-state index contributed by atoms with van der Waals surface area (Å²) in [7, 11) is 2.13. The monoisotopic (exact) mass is 421 g/mol. The van der Waals surface area contributed by atoms with Gasteiger partial charge in [0.25, 0.3) is 0 Å². The van der Waals surface area contributed by atoms with Crippen molar-refractivity contribution in [3.63, 3.8) is 0 Å². The molecule has 1 fully saturated rings. The number of nitrogens with zero attached hydrogens (tertiary/aromatic N) is 6. The summed E-state index contributed by atoms with van der Waals surface area (Å²) in [5.41, 5.74) is 10.8. The molecule has 5 rings (SSSR count). The van der Waals surface area contributed by atoms with Gasteiger partial charge in [-0.3, -0.25) is 4.98 Å². The molecular formula is C25H23N7. The SMILES string of the molecule is CN1CCN(c2nc3ccccc3cc2-c2cc(-c3ccncc3)nc(N)c2C#N)CC1. The van der Waals surface area contributed by atoms with Crippen LogP contribution in [0.1, 0.15) is 5.56 Å². The highest BCUT2D eigenvalue weighted by Gasteiger charge is 2.23. The van der Waals surface area contributed by atoms with Crippen molar-refractivity contribution < 1.29 is 0 Å². The number of anilines is 2. The summed E-state index contributed by atoms with van der Waals surface area (Å²) in [4.78, 5) is 18.2. The number of piperazine rings is 1. The maximum atomic E-state index is 9.95. The number of pyridine rings is 3. The molecule has 1 aliphatic rings. The molecule has 0 amide bonds. The van der Waals surface area contributed by atoms with Gasteiger partial charge in [-0.25, -0.2) is 9.97 Å². The lowest BCUT2D eigenvalue weighted by Crippen LogP contribution is -2.45. The van der Waals surface area contributed by atoms with Gasteiger partial charge in [0, 0.05) is 60.6 Å². The predicted molar refractivity (Wildman–Crippen MR) is 127 cm³/mol. The maximum Gasteiger partial charge on any atom is 0.142 e. The molecule has 4 heterocycles. The highest BCUT2D eigenvalue weighted by Crippen LogP contribution is 2.38. The molecule has 32 heavy (non-hydrogen) atoms. The molecule has 7 heteroatoms. The fourth-order valence-electron chi connectivity index (χ4n) is 4.13. The first-order valence-corrected chi connectivity index (χ1v) is 10.6. The average Bonchev–Trinajstić information content (AvgIpc) is 2.84. The number of nitriles is 1. The van der Waals surface area contributed by atoms with Crippen molar-refractivity contribution in [2.75, 3.05) is 43.9 Å². The highest BCUT2D eigenvalue weighted by molar-refractivity contribution is 5.93. The minimum absolute atomic E-state index is 0.217. The molecule has 158 valence electrons. The second kappa shape index (κ2) is 8.25. The first-order valence-electron chi connectivity index (χ1n) is 10.6. The van der Waals surface area contributed by atoms with E-state index in [2.05, 4.69) is 39.0 Å². The largest absolute Gasteiger partial charge is 0.383 e. The van der Waals surface area contributed by atoms with Gasteiger partial charge in [-0.15, -0.1) is 0 Å². The summed E-state index contributed by atoms with van der Waals surface area (Å²) in [6.45, 7) is 3.66. The van der Waals surface area contributed by atoms with E-state index in [0.29, 0.717) is 11.3 Å². The zero-order valence-corrected chi connectivity index (χ0v) is 17.9. The third-order valence-electron chi connectivity index (χ3n) is 5.93. The number of nitrogen functional groups attached to an aromatic ring is 1. The van der Waals surface area contributed by atoms with Crippen LogP contribution in [0.2, 0.25) is 0 Å². The third-order valence-corrected chi connectivity index (χ3v) is 5.93. The van der Waals surface area contributed by atoms with E-state index in [1.807, 2.05) is 42.5 Å². The Morgan fingerprint density at radius 3 is 2.44 bits per heavy atom. The van der Waals surface area contributed by atoms with Gasteiger partial charge in [0.05, 0.1) is 11.2 Å². The molecule has 2 N–H and O–H groups in total. The Bertz CT molecular complexity index is 1320. The standard InChI is InChI=1S/C25H23N7/c1-31-10-12-32(13-11-31)25-20(14-18-4-2-3-5-22(18)30-25)19-15-23(17-6-8-28-9-7-17)29-24(27)21(19)16-26/h2-9,14-15H,10-13H2,1H3,(H2,27,29). The Kier molecular flexibility index (Phi) is 5.13. The summed E-state index contributed by atoms with van der Waals surface area (Å²) < 4.78 is 0. The predicted octanol–water partition coefficient (Wildman–Crippen LogP) is 3.56. The topological polar surface area (TPSA) is 95.0 Å². The van der Waals surface area contributed by atoms with Crippen molar-refractivity contribution in [3.8, 4) is 28.5 Å². The van der Waals surface area contributed by atoms with Crippen molar-refractivity contribution in [1.29, 1.82) is 5.26 Å². The third kappa shape index (κ3) is 3.61. The lowest BCUT2D eigenvalue weighted by Gasteiger charge is -2.34. The summed E-state index contributed by atoms with van der Waals surface area (Å²) in [6, 6.07) is 18.2. The molecule has 1 aromatic carbocycles. The number of hydrogen-bond donors (Lipinski definition) is 1. The molecule has 0 bridgehead atoms. The lowest BCUT2D eigenvalue weighted by atomic mass is 9.97. The summed E-state index contributed by atoms with van der Waals surface area (Å²) in [6.07, 6.45) is 3.44. The molecule has 7 nitrogen and oxygen atoms in total. The van der Waals surface area contributed by atoms with E-state index < -0.39 is 0 Å². The normalized spacial score (nSPS) is 14.4. The van der Waals surface area contributed by atoms with E-state index in [0.717, 1.165) is 59.6 Å². The molecule has 0 aliphatic carbocycles. The Balaban J connectivity index is 1.75. The summed E-state index contributed by atoms with van der Waals surface area (Å²) in [5, 5.41) is 11.0. The zero-order valence-electron chi connectivity index (χ0n) is 17.9. The Morgan fingerprint density at radius 2 is 1.69 bits per heavy atom. The highest BCUT2D eigenvalue weighted by atomic mass is 15.3. The van der Waals surface area contributed by atoms with Gasteiger partial charge in [-0.05, 0) is 37.4 Å². The minimum Gasteiger partial charge on any atom is -0.383 e. The van der Waals surface area contributed by atoms with Crippen molar-refractivity contribution >= 4 is 22.5 Å². The average molecular weight is 422 g/mol. The number of fused-ring (bicyclic) bond motifs is 1. The first-order chi connectivity index (χ1) is 15.6. The van der Waals surface area contributed by atoms with Gasteiger partial charge in [-0.1, -0.05) is 18.2 Å². The van der Waals surface area contributed by atoms with Gasteiger partial charge >= 0.3 is 0 Å². The Labute approximate surface area is 186 Å². The van der Waals surface area contributed by atoms with Crippen LogP contribution in [0, 0.1) is 11.3 Å². The molecule has 0 radical (unpaired) electrons. The van der Waals surface area contributed by atoms with Crippen LogP contribution >= 0.6 is 0 Å². The van der Waals surface area contributed by atoms with Gasteiger partial charge < -0.3 is 15.5 Å². The first kappa shape index (κ1) is 19.9. The van der Waals surface area contributed by atoms with E-state index in [-0.39, 0.29) is 5.82 Å². The molecular weight excluding hydrogens is 398 g/mol. The Hall–Kier alpha value is -4.02. The second-order valence-electron chi connectivity index (χ2n) is 8.01. The van der Waals surface area contributed by atoms with Gasteiger partial charge in [0.15, 0.2) is 0 Å². The fourth-order valence-corrected chi connectivity index (χ4v) is 4.13. The number of rotatable bonds is 3. The number of aromatic nitrogens is 3. The molecule has 0 atom stereocenters. The van der Waals surface area contributed by atoms with Crippen LogP contribution in [-0.2, 0) is 0 Å². The number of benzene rings is 1. The quantitative estimate of drug-likeness (QED) is 0.540. The van der Waals surface area contributed by atoms with Crippen molar-refractivity contribution in [2.45, 2.75) is 0 Å². The van der Waals surface area contributed by atoms with Gasteiger partial charge in [-0.2, -0.15) is 5.26 Å². The molecule has 1 saturated heterocycles. The minimum atomic E-state index is 0.217. The van der Waals surface area contributed by atoms with Crippen molar-refractivity contribution in [3.05, 3.63) is 66.5 Å². The number of hydrogen-bond acceptors (Lipinski definition) is 7. The van der Waals surface area contributed by atoms with Crippen LogP contribution in [-0.4, -0.2) is 53.1 Å². The number of para-hydroxylation sites is 1. The van der Waals surface area contributed by atoms with Crippen LogP contribution in [0.4, 0.5) is 11.6 Å². The molecule has 3 aromatic heterocycles. The van der Waals surface area contributed by atoms with E-state index in [1.54, 1.807) is 12.4 Å². The van der Waals surface area contributed by atoms with Crippen LogP contribution in [0.25, 0.3) is 33.3 Å². The molecule has 4 aromatic rings. The zero-order chi connectivity index (χ0) is 22.1. The van der Waals surface area contributed by atoms with Crippen LogP contribution in [0.3, 0.4) is 0 Å². The molecule has 1 aliphatic heterocycles. The number of likely N-dealkylation sites (N-methyl/N-ethyl adjacent to an activating group) is 1. The van der Waals surface area contributed by atoms with Gasteiger partial charge in [0.1, 0.15) is 23.3 Å². The Morgan fingerprint density at radius 1 is 0.938 bits per heavy atom. The van der Waals surface area contributed by atoms with Crippen LogP contribution < -0.4 is 10.6 Å².